The third-order valence-electron chi connectivity index (χ3n) is 15.4. The number of pyridine rings is 1. The molecule has 0 aliphatic rings. The van der Waals surface area contributed by atoms with Gasteiger partial charge in [0.05, 0.1) is 28.1 Å². The molecule has 3 aromatic heterocycles. The molecule has 0 atom stereocenters. The first-order chi connectivity index (χ1) is 35.6. The number of fused-ring (bicyclic) bond motifs is 3. The summed E-state index contributed by atoms with van der Waals surface area (Å²) < 4.78 is 13.8. The second-order valence-corrected chi connectivity index (χ2v) is 22.4. The van der Waals surface area contributed by atoms with Crippen molar-refractivity contribution < 1.29 is 9.30 Å². The van der Waals surface area contributed by atoms with E-state index in [0.29, 0.717) is 0 Å². The van der Waals surface area contributed by atoms with Crippen molar-refractivity contribution in [3.8, 4) is 39.8 Å². The Balaban J connectivity index is 1.04. The molecule has 0 spiro atoms. The Morgan fingerprint density at radius 2 is 0.973 bits per heavy atom. The summed E-state index contributed by atoms with van der Waals surface area (Å²) in [5.74, 6) is 2.31. The number of imidazole rings is 1. The highest BCUT2D eigenvalue weighted by Crippen LogP contribution is 2.41. The van der Waals surface area contributed by atoms with E-state index in [9.17, 15) is 0 Å². The minimum Gasteiger partial charge on any atom is -0.458 e. The molecule has 0 aliphatic heterocycles. The van der Waals surface area contributed by atoms with Gasteiger partial charge < -0.3 is 4.74 Å². The fourth-order valence-corrected chi connectivity index (χ4v) is 10.7. The third-order valence-corrected chi connectivity index (χ3v) is 15.4. The van der Waals surface area contributed by atoms with Gasteiger partial charge in [-0.25, -0.2) is 4.98 Å². The van der Waals surface area contributed by atoms with Crippen molar-refractivity contribution in [1.29, 1.82) is 0 Å². The predicted octanol–water partition coefficient (Wildman–Crippen LogP) is 16.8. The standard InChI is InChI=1S/C69H64N4O/c1-66(2,3)64-46-71(56-41-54(68(6,7)51-28-18-12-19-29-51)40-55(42-56)69(8,9)52-30-20-13-21-31-52)47-72(64)57-38-49(48-24-14-10-15-25-48)39-59(44-57)74-58-34-35-61-60-32-22-23-33-62(60)73(63(61)45-58)65-43-53(36-37-70-65)67(4,5)50-26-16-11-17-27-50/h10-46H,1-9H3. The number of nitrogens with zero attached hydrogens (tertiary/aromatic N) is 4. The normalized spacial score (nSPS) is 12.4. The number of ether oxygens (including phenoxy) is 1. The Bertz CT molecular complexity index is 3730. The summed E-state index contributed by atoms with van der Waals surface area (Å²) >= 11 is 0. The van der Waals surface area contributed by atoms with Gasteiger partial charge in [0.1, 0.15) is 17.3 Å². The lowest BCUT2D eigenvalue weighted by molar-refractivity contribution is -0.599. The highest BCUT2D eigenvalue weighted by atomic mass is 16.5. The Hall–Kier alpha value is -8.28. The lowest BCUT2D eigenvalue weighted by Crippen LogP contribution is -2.31. The molecule has 0 N–H and O–H groups in total. The van der Waals surface area contributed by atoms with Gasteiger partial charge >= 0.3 is 0 Å². The largest absolute Gasteiger partial charge is 0.458 e. The Morgan fingerprint density at radius 3 is 1.57 bits per heavy atom. The van der Waals surface area contributed by atoms with Crippen molar-refractivity contribution >= 4 is 21.8 Å². The van der Waals surface area contributed by atoms with Gasteiger partial charge in [0.15, 0.2) is 0 Å². The van der Waals surface area contributed by atoms with Crippen LogP contribution in [0.25, 0.3) is 50.1 Å². The van der Waals surface area contributed by atoms with E-state index in [1.807, 2.05) is 6.20 Å². The molecule has 11 rings (SSSR count). The second-order valence-electron chi connectivity index (χ2n) is 22.4. The molecule has 0 saturated heterocycles. The van der Waals surface area contributed by atoms with Crippen LogP contribution in [-0.2, 0) is 21.7 Å². The van der Waals surface area contributed by atoms with Crippen molar-refractivity contribution in [2.45, 2.75) is 84.0 Å². The van der Waals surface area contributed by atoms with Gasteiger partial charge in [0.2, 0.25) is 0 Å². The maximum atomic E-state index is 7.07. The van der Waals surface area contributed by atoms with Crippen LogP contribution in [0.1, 0.15) is 101 Å². The average molecular weight is 965 g/mol. The number of hydrogen-bond donors (Lipinski definition) is 0. The summed E-state index contributed by atoms with van der Waals surface area (Å²) in [5, 5.41) is 2.29. The fourth-order valence-electron chi connectivity index (χ4n) is 10.7. The van der Waals surface area contributed by atoms with Crippen molar-refractivity contribution in [3.63, 3.8) is 0 Å². The molecule has 0 saturated carbocycles. The van der Waals surface area contributed by atoms with Gasteiger partial charge in [0, 0.05) is 45.5 Å². The van der Waals surface area contributed by atoms with Gasteiger partial charge in [-0.1, -0.05) is 208 Å². The second kappa shape index (κ2) is 18.6. The zero-order chi connectivity index (χ0) is 51.4. The van der Waals surface area contributed by atoms with E-state index < -0.39 is 0 Å². The van der Waals surface area contributed by atoms with Crippen LogP contribution in [0.15, 0.2) is 225 Å². The maximum Gasteiger partial charge on any atom is 0.269 e. The summed E-state index contributed by atoms with van der Waals surface area (Å²) in [6.07, 6.45) is 8.09. The molecule has 74 heavy (non-hydrogen) atoms. The minimum absolute atomic E-state index is 0.234. The van der Waals surface area contributed by atoms with Crippen LogP contribution in [-0.4, -0.2) is 14.1 Å². The lowest BCUT2D eigenvalue weighted by Gasteiger charge is -2.32. The van der Waals surface area contributed by atoms with E-state index in [1.165, 1.54) is 33.4 Å². The van der Waals surface area contributed by atoms with Gasteiger partial charge in [-0.05, 0) is 111 Å². The summed E-state index contributed by atoms with van der Waals surface area (Å²) in [6.45, 7) is 20.7. The Labute approximate surface area is 437 Å². The molecular formula is C69H64N4O. The smallest absolute Gasteiger partial charge is 0.269 e. The number of rotatable bonds is 12. The van der Waals surface area contributed by atoms with Gasteiger partial charge in [-0.3, -0.25) is 13.7 Å². The van der Waals surface area contributed by atoms with Gasteiger partial charge in [-0.15, -0.1) is 0 Å². The van der Waals surface area contributed by atoms with Crippen LogP contribution in [0.3, 0.4) is 0 Å². The van der Waals surface area contributed by atoms with E-state index in [0.717, 1.165) is 67.3 Å². The molecule has 0 bridgehead atoms. The zero-order valence-electron chi connectivity index (χ0n) is 44.1. The summed E-state index contributed by atoms with van der Waals surface area (Å²) in [4.78, 5) is 5.02. The zero-order valence-corrected chi connectivity index (χ0v) is 44.1. The molecule has 3 heterocycles. The van der Waals surface area contributed by atoms with Crippen molar-refractivity contribution in [2.24, 2.45) is 0 Å². The predicted molar refractivity (Wildman–Crippen MR) is 305 cm³/mol. The van der Waals surface area contributed by atoms with Crippen molar-refractivity contribution in [1.82, 2.24) is 14.1 Å². The first-order valence-electron chi connectivity index (χ1n) is 25.8. The van der Waals surface area contributed by atoms with Crippen molar-refractivity contribution in [3.05, 3.63) is 270 Å². The lowest BCUT2D eigenvalue weighted by atomic mass is 9.73. The molecule has 8 aromatic carbocycles. The molecule has 0 unspecified atom stereocenters. The topological polar surface area (TPSA) is 35.9 Å². The first-order valence-corrected chi connectivity index (χ1v) is 25.8. The number of para-hydroxylation sites is 1. The molecule has 0 aliphatic carbocycles. The van der Waals surface area contributed by atoms with E-state index in [1.54, 1.807) is 0 Å². The number of benzene rings is 8. The molecule has 5 nitrogen and oxygen atoms in total. The quantitative estimate of drug-likeness (QED) is 0.0903. The first kappa shape index (κ1) is 48.0. The SMILES string of the molecule is CC(C)(C)c1c[n+](-c2cc(C(C)(C)c3ccccc3)cc(C(C)(C)c3ccccc3)c2)[c-]n1-c1cc(Oc2ccc3c4ccccc4n(-c4cc(C(C)(C)c5ccccc5)ccn4)c3c2)cc(-c2ccccc2)c1. The molecule has 0 radical (unpaired) electrons. The molecule has 366 valence electrons. The van der Waals surface area contributed by atoms with Gasteiger partial charge in [-0.2, -0.15) is 0 Å². The Kier molecular flexibility index (Phi) is 12.1. The molecule has 0 amide bonds. The van der Waals surface area contributed by atoms with E-state index in [4.69, 9.17) is 9.72 Å². The fraction of sp³-hybridized carbons (Fsp3) is 0.188. The van der Waals surface area contributed by atoms with Gasteiger partial charge in [0.25, 0.3) is 6.33 Å². The highest BCUT2D eigenvalue weighted by Gasteiger charge is 2.31. The monoisotopic (exact) mass is 965 g/mol. The molecule has 5 heteroatoms. The van der Waals surface area contributed by atoms with Crippen LogP contribution in [0.2, 0.25) is 0 Å². The average Bonchev–Trinajstić information content (AvgIpc) is 4.04. The van der Waals surface area contributed by atoms with Crippen LogP contribution in [0, 0.1) is 6.33 Å². The molecule has 0 fully saturated rings. The molecule has 11 aromatic rings. The Morgan fingerprint density at radius 1 is 0.432 bits per heavy atom. The third kappa shape index (κ3) is 8.91. The summed E-state index contributed by atoms with van der Waals surface area (Å²) in [5.41, 5.74) is 13.8. The van der Waals surface area contributed by atoms with Crippen LogP contribution >= 0.6 is 0 Å². The minimum atomic E-state index is -0.276. The van der Waals surface area contributed by atoms with Crippen molar-refractivity contribution in [2.75, 3.05) is 0 Å². The van der Waals surface area contributed by atoms with E-state index >= 15 is 0 Å². The summed E-state index contributed by atoms with van der Waals surface area (Å²) in [6, 6.07) is 76.0. The van der Waals surface area contributed by atoms with E-state index in [-0.39, 0.29) is 21.7 Å². The van der Waals surface area contributed by atoms with Crippen LogP contribution < -0.4 is 9.30 Å². The summed E-state index contributed by atoms with van der Waals surface area (Å²) in [7, 11) is 0. The maximum absolute atomic E-state index is 7.07. The highest BCUT2D eigenvalue weighted by molar-refractivity contribution is 6.09. The van der Waals surface area contributed by atoms with Crippen LogP contribution in [0.5, 0.6) is 11.5 Å². The molecular weight excluding hydrogens is 901 g/mol. The van der Waals surface area contributed by atoms with E-state index in [2.05, 4.69) is 301 Å². The number of hydrogen-bond acceptors (Lipinski definition) is 2. The van der Waals surface area contributed by atoms with Crippen LogP contribution in [0.4, 0.5) is 0 Å². The number of aromatic nitrogens is 4.